The summed E-state index contributed by atoms with van der Waals surface area (Å²) in [6.07, 6.45) is 0. The summed E-state index contributed by atoms with van der Waals surface area (Å²) >= 11 is 0. The predicted octanol–water partition coefficient (Wildman–Crippen LogP) is 1.90. The van der Waals surface area contributed by atoms with Crippen molar-refractivity contribution in [3.63, 3.8) is 0 Å². The second kappa shape index (κ2) is 6.57. The summed E-state index contributed by atoms with van der Waals surface area (Å²) in [4.78, 5) is 11.6. The van der Waals surface area contributed by atoms with Gasteiger partial charge in [0.25, 0.3) is 5.91 Å². The number of carbonyl (C=O) groups excluding carboxylic acids is 1. The Labute approximate surface area is 114 Å². The highest BCUT2D eigenvalue weighted by Crippen LogP contribution is 2.14. The number of carbonyl (C=O) groups is 1. The van der Waals surface area contributed by atoms with E-state index in [1.165, 1.54) is 0 Å². The Morgan fingerprint density at radius 1 is 1.47 bits per heavy atom. The van der Waals surface area contributed by atoms with Crippen molar-refractivity contribution in [3.05, 3.63) is 29.8 Å². The third-order valence-electron chi connectivity index (χ3n) is 3.25. The molecule has 0 spiro atoms. The Morgan fingerprint density at radius 3 is 2.74 bits per heavy atom. The fourth-order valence-corrected chi connectivity index (χ4v) is 1.39. The van der Waals surface area contributed by atoms with Crippen LogP contribution >= 0.6 is 0 Å². The molecule has 4 heteroatoms. The number of aryl methyl sites for hydroxylation is 1. The molecule has 0 aromatic heterocycles. The Kier molecular flexibility index (Phi) is 5.36. The smallest absolute Gasteiger partial charge is 0.258 e. The van der Waals surface area contributed by atoms with Crippen molar-refractivity contribution in [1.82, 2.24) is 5.32 Å². The van der Waals surface area contributed by atoms with E-state index in [2.05, 4.69) is 5.32 Å². The SMILES string of the molecule is Cc1cccc(OCC(=O)NCC(C)(O)C(C)C)c1. The van der Waals surface area contributed by atoms with Crippen molar-refractivity contribution in [3.8, 4) is 5.75 Å². The maximum Gasteiger partial charge on any atom is 0.258 e. The largest absolute Gasteiger partial charge is 0.484 e. The van der Waals surface area contributed by atoms with Crippen LogP contribution in [0.5, 0.6) is 5.75 Å². The first kappa shape index (κ1) is 15.5. The lowest BCUT2D eigenvalue weighted by atomic mass is 9.93. The maximum absolute atomic E-state index is 11.6. The number of ether oxygens (including phenoxy) is 1. The van der Waals surface area contributed by atoms with Gasteiger partial charge in [0.1, 0.15) is 5.75 Å². The van der Waals surface area contributed by atoms with E-state index in [-0.39, 0.29) is 25.0 Å². The third-order valence-corrected chi connectivity index (χ3v) is 3.25. The van der Waals surface area contributed by atoms with Crippen LogP contribution in [0.3, 0.4) is 0 Å². The van der Waals surface area contributed by atoms with Gasteiger partial charge in [-0.3, -0.25) is 4.79 Å². The van der Waals surface area contributed by atoms with E-state index >= 15 is 0 Å². The van der Waals surface area contributed by atoms with Gasteiger partial charge in [-0.2, -0.15) is 0 Å². The second-order valence-electron chi connectivity index (χ2n) is 5.39. The van der Waals surface area contributed by atoms with E-state index in [4.69, 9.17) is 4.74 Å². The molecule has 0 aliphatic carbocycles. The lowest BCUT2D eigenvalue weighted by Gasteiger charge is -2.27. The quantitative estimate of drug-likeness (QED) is 0.826. The molecule has 19 heavy (non-hydrogen) atoms. The summed E-state index contributed by atoms with van der Waals surface area (Å²) in [7, 11) is 0. The van der Waals surface area contributed by atoms with Gasteiger partial charge < -0.3 is 15.2 Å². The van der Waals surface area contributed by atoms with Gasteiger partial charge in [0, 0.05) is 6.54 Å². The predicted molar refractivity (Wildman–Crippen MR) is 75.1 cm³/mol. The molecule has 0 bridgehead atoms. The van der Waals surface area contributed by atoms with E-state index in [0.717, 1.165) is 5.56 Å². The summed E-state index contributed by atoms with van der Waals surface area (Å²) < 4.78 is 5.38. The van der Waals surface area contributed by atoms with Crippen molar-refractivity contribution in [2.24, 2.45) is 5.92 Å². The molecule has 4 nitrogen and oxygen atoms in total. The summed E-state index contributed by atoms with van der Waals surface area (Å²) in [5.41, 5.74) is 0.180. The van der Waals surface area contributed by atoms with Gasteiger partial charge in [-0.1, -0.05) is 26.0 Å². The highest BCUT2D eigenvalue weighted by Gasteiger charge is 2.25. The fraction of sp³-hybridized carbons (Fsp3) is 0.533. The monoisotopic (exact) mass is 265 g/mol. The minimum Gasteiger partial charge on any atom is -0.484 e. The Bertz CT molecular complexity index is 427. The molecule has 0 heterocycles. The number of nitrogens with one attached hydrogen (secondary N) is 1. The number of hydrogen-bond donors (Lipinski definition) is 2. The van der Waals surface area contributed by atoms with Crippen LogP contribution in [0.15, 0.2) is 24.3 Å². The van der Waals surface area contributed by atoms with Crippen LogP contribution in [0.25, 0.3) is 0 Å². The average Bonchev–Trinajstić information content (AvgIpc) is 2.34. The number of benzene rings is 1. The van der Waals surface area contributed by atoms with Crippen LogP contribution in [0.1, 0.15) is 26.3 Å². The maximum atomic E-state index is 11.6. The van der Waals surface area contributed by atoms with Crippen LogP contribution in [0.4, 0.5) is 0 Å². The summed E-state index contributed by atoms with van der Waals surface area (Å²) in [6, 6.07) is 7.53. The molecular weight excluding hydrogens is 242 g/mol. The number of hydrogen-bond acceptors (Lipinski definition) is 3. The van der Waals surface area contributed by atoms with Crippen LogP contribution in [0.2, 0.25) is 0 Å². The molecule has 1 rings (SSSR count). The molecule has 1 aromatic rings. The molecule has 1 unspecified atom stereocenters. The van der Waals surface area contributed by atoms with Crippen molar-refractivity contribution < 1.29 is 14.6 Å². The highest BCUT2D eigenvalue weighted by molar-refractivity contribution is 5.77. The van der Waals surface area contributed by atoms with E-state index in [9.17, 15) is 9.90 Å². The van der Waals surface area contributed by atoms with Crippen molar-refractivity contribution >= 4 is 5.91 Å². The standard InChI is InChI=1S/C15H23NO3/c1-11(2)15(4,18)10-16-14(17)9-19-13-7-5-6-12(3)8-13/h5-8,11,18H,9-10H2,1-4H3,(H,16,17). The topological polar surface area (TPSA) is 58.6 Å². The van der Waals surface area contributed by atoms with E-state index in [0.29, 0.717) is 5.75 Å². The summed E-state index contributed by atoms with van der Waals surface area (Å²) in [5.74, 6) is 0.513. The first-order chi connectivity index (χ1) is 8.81. The van der Waals surface area contributed by atoms with Crippen LogP contribution < -0.4 is 10.1 Å². The highest BCUT2D eigenvalue weighted by atomic mass is 16.5. The minimum absolute atomic E-state index is 0.0440. The van der Waals surface area contributed by atoms with E-state index < -0.39 is 5.60 Å². The molecule has 1 atom stereocenters. The molecule has 0 saturated heterocycles. The molecular formula is C15H23NO3. The first-order valence-electron chi connectivity index (χ1n) is 6.50. The van der Waals surface area contributed by atoms with Crippen LogP contribution in [-0.2, 0) is 4.79 Å². The lowest BCUT2D eigenvalue weighted by Crippen LogP contribution is -2.45. The second-order valence-corrected chi connectivity index (χ2v) is 5.39. The molecule has 106 valence electrons. The Hall–Kier alpha value is -1.55. The molecule has 2 N–H and O–H groups in total. The van der Waals surface area contributed by atoms with Gasteiger partial charge in [0.05, 0.1) is 5.60 Å². The average molecular weight is 265 g/mol. The lowest BCUT2D eigenvalue weighted by molar-refractivity contribution is -0.124. The van der Waals surface area contributed by atoms with Crippen LogP contribution in [0, 0.1) is 12.8 Å². The molecule has 1 aromatic carbocycles. The zero-order chi connectivity index (χ0) is 14.5. The first-order valence-corrected chi connectivity index (χ1v) is 6.50. The Balaban J connectivity index is 2.36. The summed E-state index contributed by atoms with van der Waals surface area (Å²) in [5, 5.41) is 12.7. The number of amides is 1. The molecule has 0 fully saturated rings. The molecule has 0 aliphatic rings. The van der Waals surface area contributed by atoms with E-state index in [1.54, 1.807) is 6.92 Å². The van der Waals surface area contributed by atoms with Gasteiger partial charge in [-0.25, -0.2) is 0 Å². The van der Waals surface area contributed by atoms with Gasteiger partial charge in [-0.05, 0) is 37.5 Å². The van der Waals surface area contributed by atoms with E-state index in [1.807, 2.05) is 45.0 Å². The van der Waals surface area contributed by atoms with Crippen molar-refractivity contribution in [1.29, 1.82) is 0 Å². The van der Waals surface area contributed by atoms with Crippen molar-refractivity contribution in [2.45, 2.75) is 33.3 Å². The third kappa shape index (κ3) is 5.30. The van der Waals surface area contributed by atoms with Gasteiger partial charge in [-0.15, -0.1) is 0 Å². The van der Waals surface area contributed by atoms with Gasteiger partial charge in [0.2, 0.25) is 0 Å². The van der Waals surface area contributed by atoms with Gasteiger partial charge >= 0.3 is 0 Å². The van der Waals surface area contributed by atoms with Gasteiger partial charge in [0.15, 0.2) is 6.61 Å². The molecule has 0 radical (unpaired) electrons. The fourth-order valence-electron chi connectivity index (χ4n) is 1.39. The summed E-state index contributed by atoms with van der Waals surface area (Å²) in [6.45, 7) is 7.68. The molecule has 0 aliphatic heterocycles. The zero-order valence-electron chi connectivity index (χ0n) is 12.1. The Morgan fingerprint density at radius 2 is 2.16 bits per heavy atom. The molecule has 1 amide bonds. The minimum atomic E-state index is -0.904. The number of rotatable bonds is 6. The zero-order valence-corrected chi connectivity index (χ0v) is 12.1. The molecule has 0 saturated carbocycles. The normalized spacial score (nSPS) is 14.0. The number of aliphatic hydroxyl groups is 1. The van der Waals surface area contributed by atoms with Crippen LogP contribution in [-0.4, -0.2) is 29.8 Å². The van der Waals surface area contributed by atoms with Crippen molar-refractivity contribution in [2.75, 3.05) is 13.2 Å².